The molecule has 0 spiro atoms. The Kier molecular flexibility index (Phi) is 7.57. The summed E-state index contributed by atoms with van der Waals surface area (Å²) in [6.07, 6.45) is -3.87. The summed E-state index contributed by atoms with van der Waals surface area (Å²) in [5.41, 5.74) is 2.40. The van der Waals surface area contributed by atoms with Gasteiger partial charge in [0.05, 0.1) is 27.4 Å². The number of hydrogen-bond acceptors (Lipinski definition) is 8. The summed E-state index contributed by atoms with van der Waals surface area (Å²) in [7, 11) is 0. The smallest absolute Gasteiger partial charge is 0.418 e. The van der Waals surface area contributed by atoms with Crippen molar-refractivity contribution >= 4 is 34.1 Å². The van der Waals surface area contributed by atoms with Crippen molar-refractivity contribution in [2.45, 2.75) is 70.0 Å². The number of nitrogens with zero attached hydrogens (tertiary/aromatic N) is 5. The molecule has 3 fully saturated rings. The fourth-order valence-corrected chi connectivity index (χ4v) is 7.14. The third-order valence-electron chi connectivity index (χ3n) is 8.87. The van der Waals surface area contributed by atoms with Crippen molar-refractivity contribution in [2.24, 2.45) is 0 Å². The van der Waals surface area contributed by atoms with E-state index in [-0.39, 0.29) is 52.0 Å². The molecule has 4 atom stereocenters. The lowest BCUT2D eigenvalue weighted by atomic mass is 9.95. The summed E-state index contributed by atoms with van der Waals surface area (Å²) in [6.45, 7) is 7.53. The molecule has 2 unspecified atom stereocenters. The number of pyridine rings is 1. The van der Waals surface area contributed by atoms with Crippen molar-refractivity contribution in [3.05, 3.63) is 34.1 Å². The monoisotopic (exact) mass is 625 g/mol. The van der Waals surface area contributed by atoms with Gasteiger partial charge in [0.25, 0.3) is 0 Å². The highest BCUT2D eigenvalue weighted by molar-refractivity contribution is 6.34. The summed E-state index contributed by atoms with van der Waals surface area (Å²) < 4.78 is 79.7. The largest absolute Gasteiger partial charge is 0.461 e. The fourth-order valence-electron chi connectivity index (χ4n) is 6.86. The number of alkyl halides is 4. The van der Waals surface area contributed by atoms with Gasteiger partial charge in [-0.2, -0.15) is 23.1 Å². The molecule has 43 heavy (non-hydrogen) atoms. The number of piperazine rings is 1. The van der Waals surface area contributed by atoms with Gasteiger partial charge in [-0.05, 0) is 57.9 Å². The maximum atomic E-state index is 16.6. The highest BCUT2D eigenvalue weighted by Crippen LogP contribution is 2.45. The van der Waals surface area contributed by atoms with Crippen LogP contribution in [0.15, 0.2) is 12.1 Å². The average Bonchev–Trinajstić information content (AvgIpc) is 3.43. The zero-order valence-corrected chi connectivity index (χ0v) is 24.8. The van der Waals surface area contributed by atoms with E-state index in [9.17, 15) is 17.6 Å². The number of nitrogens with one attached hydrogen (secondary N) is 1. The fraction of sp³-hybridized carbons (Fsp3) is 0.552. The number of hydrogen-bond donors (Lipinski definition) is 2. The van der Waals surface area contributed by atoms with E-state index in [4.69, 9.17) is 22.1 Å². The van der Waals surface area contributed by atoms with Crippen LogP contribution in [-0.2, 0) is 6.18 Å². The lowest BCUT2D eigenvalue weighted by molar-refractivity contribution is -0.137. The Morgan fingerprint density at radius 2 is 1.95 bits per heavy atom. The van der Waals surface area contributed by atoms with Gasteiger partial charge in [0, 0.05) is 43.5 Å². The molecule has 6 rings (SSSR count). The van der Waals surface area contributed by atoms with Crippen molar-refractivity contribution in [1.82, 2.24) is 25.2 Å². The van der Waals surface area contributed by atoms with Crippen molar-refractivity contribution in [1.29, 1.82) is 0 Å². The van der Waals surface area contributed by atoms with Gasteiger partial charge in [0.15, 0.2) is 5.82 Å². The number of benzene rings is 1. The van der Waals surface area contributed by atoms with Crippen LogP contribution >= 0.6 is 11.6 Å². The normalized spacial score (nSPS) is 26.3. The zero-order valence-electron chi connectivity index (χ0n) is 24.0. The van der Waals surface area contributed by atoms with E-state index < -0.39 is 40.5 Å². The summed E-state index contributed by atoms with van der Waals surface area (Å²) in [5, 5.41) is 3.32. The summed E-state index contributed by atoms with van der Waals surface area (Å²) in [4.78, 5) is 17.0. The number of halogens is 6. The van der Waals surface area contributed by atoms with Crippen LogP contribution in [-0.4, -0.2) is 76.4 Å². The second kappa shape index (κ2) is 10.8. The first-order valence-electron chi connectivity index (χ1n) is 14.3. The number of nitrogen functional groups attached to an aromatic ring is 1. The van der Waals surface area contributed by atoms with Crippen LogP contribution in [0.4, 0.5) is 33.6 Å². The first-order chi connectivity index (χ1) is 20.3. The number of aryl methyl sites for hydroxylation is 1. The number of anilines is 2. The number of rotatable bonds is 5. The van der Waals surface area contributed by atoms with Gasteiger partial charge in [0.2, 0.25) is 0 Å². The predicted octanol–water partition coefficient (Wildman–Crippen LogP) is 5.54. The van der Waals surface area contributed by atoms with Gasteiger partial charge in [0.1, 0.15) is 29.9 Å². The molecule has 0 aliphatic carbocycles. The van der Waals surface area contributed by atoms with Gasteiger partial charge in [-0.15, -0.1) is 0 Å². The topological polar surface area (TPSA) is 92.4 Å². The molecule has 3 aliphatic rings. The molecule has 0 radical (unpaired) electrons. The summed E-state index contributed by atoms with van der Waals surface area (Å²) in [5.74, 6) is -0.966. The molecule has 3 aromatic rings. The molecule has 5 heterocycles. The van der Waals surface area contributed by atoms with Crippen molar-refractivity contribution in [2.75, 3.05) is 43.4 Å². The highest BCUT2D eigenvalue weighted by Gasteiger charge is 2.49. The molecular formula is C29H33ClF5N7O. The van der Waals surface area contributed by atoms with Crippen molar-refractivity contribution in [3.8, 4) is 17.3 Å². The highest BCUT2D eigenvalue weighted by atomic mass is 35.5. The number of nitrogens with two attached hydrogens (primary N) is 1. The van der Waals surface area contributed by atoms with Gasteiger partial charge in [-0.25, -0.2) is 13.8 Å². The minimum atomic E-state index is -4.86. The molecule has 3 saturated heterocycles. The number of fused-ring (bicyclic) bond motifs is 2. The molecule has 8 nitrogen and oxygen atoms in total. The molecule has 1 aromatic carbocycles. The standard InChI is InChI=1S/C29H33ClF5N7O/c1-14-7-20(36)38-25(22(14)29(33,34)35)21-19(30)8-18-24(23(21)32)39-27(40-26(18)42-11-15(2)37-10-16(42)3)43-13-28-5-4-6-41(28)12-17(31)9-28/h7-8,15-17,37H,4-6,9-13H2,1-3H3,(H2,36,38)/t15-,16+,17?,28?/m0/s1. The Balaban J connectivity index is 1.53. The van der Waals surface area contributed by atoms with E-state index in [0.717, 1.165) is 25.5 Å². The van der Waals surface area contributed by atoms with E-state index >= 15 is 4.39 Å². The van der Waals surface area contributed by atoms with Crippen LogP contribution in [0.2, 0.25) is 5.02 Å². The first-order valence-corrected chi connectivity index (χ1v) is 14.7. The lowest BCUT2D eigenvalue weighted by Crippen LogP contribution is -2.54. The van der Waals surface area contributed by atoms with E-state index in [1.807, 2.05) is 18.7 Å². The third-order valence-corrected chi connectivity index (χ3v) is 9.16. The maximum absolute atomic E-state index is 16.6. The van der Waals surface area contributed by atoms with Gasteiger partial charge in [-0.3, -0.25) is 4.90 Å². The molecule has 3 N–H and O–H groups in total. The molecule has 2 aromatic heterocycles. The second-order valence-corrected chi connectivity index (χ2v) is 12.4. The van der Waals surface area contributed by atoms with Gasteiger partial charge < -0.3 is 20.7 Å². The average molecular weight is 626 g/mol. The molecular weight excluding hydrogens is 593 g/mol. The molecule has 14 heteroatoms. The minimum Gasteiger partial charge on any atom is -0.461 e. The van der Waals surface area contributed by atoms with Crippen LogP contribution in [0, 0.1) is 12.7 Å². The Bertz CT molecular complexity index is 1570. The molecule has 0 bridgehead atoms. The Hall–Kier alpha value is -3.03. The third kappa shape index (κ3) is 5.33. The van der Waals surface area contributed by atoms with Crippen LogP contribution < -0.4 is 20.7 Å². The van der Waals surface area contributed by atoms with E-state index in [1.165, 1.54) is 13.0 Å². The van der Waals surface area contributed by atoms with E-state index in [0.29, 0.717) is 31.9 Å². The Morgan fingerprint density at radius 3 is 2.70 bits per heavy atom. The summed E-state index contributed by atoms with van der Waals surface area (Å²) >= 11 is 6.56. The Labute approximate surface area is 250 Å². The lowest BCUT2D eigenvalue weighted by Gasteiger charge is -2.39. The number of aromatic nitrogens is 3. The van der Waals surface area contributed by atoms with Crippen LogP contribution in [0.5, 0.6) is 6.01 Å². The van der Waals surface area contributed by atoms with Crippen LogP contribution in [0.25, 0.3) is 22.2 Å². The molecule has 0 saturated carbocycles. The quantitative estimate of drug-likeness (QED) is 0.358. The SMILES string of the molecule is Cc1cc(N)nc(-c2c(Cl)cc3c(N4C[C@H](C)NC[C@H]4C)nc(OCC45CCCN4CC(F)C5)nc3c2F)c1C(F)(F)F. The predicted molar refractivity (Wildman–Crippen MR) is 155 cm³/mol. The van der Waals surface area contributed by atoms with Gasteiger partial charge in [-0.1, -0.05) is 11.6 Å². The van der Waals surface area contributed by atoms with Crippen LogP contribution in [0.3, 0.4) is 0 Å². The second-order valence-electron chi connectivity index (χ2n) is 12.0. The van der Waals surface area contributed by atoms with Gasteiger partial charge >= 0.3 is 12.2 Å². The zero-order chi connectivity index (χ0) is 30.8. The van der Waals surface area contributed by atoms with E-state index in [1.54, 1.807) is 0 Å². The number of ether oxygens (including phenoxy) is 1. The van der Waals surface area contributed by atoms with Crippen molar-refractivity contribution in [3.63, 3.8) is 0 Å². The van der Waals surface area contributed by atoms with E-state index in [2.05, 4.69) is 25.2 Å². The van der Waals surface area contributed by atoms with Crippen LogP contribution in [0.1, 0.15) is 44.2 Å². The Morgan fingerprint density at radius 1 is 1.19 bits per heavy atom. The molecule has 232 valence electrons. The molecule has 0 amide bonds. The van der Waals surface area contributed by atoms with Crippen molar-refractivity contribution < 1.29 is 26.7 Å². The maximum Gasteiger partial charge on any atom is 0.418 e. The molecule has 3 aliphatic heterocycles. The first kappa shape index (κ1) is 30.0. The summed E-state index contributed by atoms with van der Waals surface area (Å²) in [6, 6.07) is 2.31. The minimum absolute atomic E-state index is 0.0650.